The molecule has 0 amide bonds. The van der Waals surface area contributed by atoms with Crippen molar-refractivity contribution in [3.63, 3.8) is 0 Å². The zero-order valence-corrected chi connectivity index (χ0v) is 10.4. The fourth-order valence-corrected chi connectivity index (χ4v) is 2.70. The molecular formula is C16H17NO. The molecule has 1 heterocycles. The average Bonchev–Trinajstić information content (AvgIpc) is 2.39. The van der Waals surface area contributed by atoms with Crippen LogP contribution in [-0.2, 0) is 0 Å². The predicted molar refractivity (Wildman–Crippen MR) is 74.0 cm³/mol. The fourth-order valence-electron chi connectivity index (χ4n) is 2.70. The second-order valence-electron chi connectivity index (χ2n) is 4.93. The number of aliphatic hydroxyl groups excluding tert-OH is 1. The Morgan fingerprint density at radius 2 is 1.89 bits per heavy atom. The Morgan fingerprint density at radius 3 is 2.67 bits per heavy atom. The predicted octanol–water partition coefficient (Wildman–Crippen LogP) is 2.91. The Bertz CT molecular complexity index is 550. The lowest BCUT2D eigenvalue weighted by Gasteiger charge is -2.32. The maximum absolute atomic E-state index is 10.3. The highest BCUT2D eigenvalue weighted by atomic mass is 16.3. The standard InChI is InChI=1S/C16H17NO/c1-11-7-8-14-13(9-11)16(15(18)10-17-14)12-5-3-2-4-6-12/h2-9,15-18H,10H2,1H3/t15-,16-/m1/s1. The highest BCUT2D eigenvalue weighted by Crippen LogP contribution is 2.37. The molecule has 3 rings (SSSR count). The summed E-state index contributed by atoms with van der Waals surface area (Å²) in [5, 5.41) is 13.6. The first kappa shape index (κ1) is 11.3. The number of benzene rings is 2. The molecule has 2 heteroatoms. The minimum absolute atomic E-state index is 0.0716. The molecule has 2 N–H and O–H groups in total. The van der Waals surface area contributed by atoms with Gasteiger partial charge in [0.15, 0.2) is 0 Å². The Labute approximate surface area is 107 Å². The van der Waals surface area contributed by atoms with Crippen LogP contribution < -0.4 is 5.32 Å². The summed E-state index contributed by atoms with van der Waals surface area (Å²) in [5.41, 5.74) is 4.74. The number of rotatable bonds is 1. The third-order valence-corrected chi connectivity index (χ3v) is 3.59. The van der Waals surface area contributed by atoms with Gasteiger partial charge in [-0.2, -0.15) is 0 Å². The van der Waals surface area contributed by atoms with Crippen LogP contribution >= 0.6 is 0 Å². The van der Waals surface area contributed by atoms with Crippen molar-refractivity contribution in [3.8, 4) is 0 Å². The summed E-state index contributed by atoms with van der Waals surface area (Å²) in [6.45, 7) is 2.69. The molecule has 2 nitrogen and oxygen atoms in total. The van der Waals surface area contributed by atoms with Gasteiger partial charge in [-0.05, 0) is 24.1 Å². The summed E-state index contributed by atoms with van der Waals surface area (Å²) in [6, 6.07) is 16.6. The largest absolute Gasteiger partial charge is 0.390 e. The zero-order valence-electron chi connectivity index (χ0n) is 10.4. The van der Waals surface area contributed by atoms with E-state index in [0.717, 1.165) is 5.69 Å². The molecule has 0 unspecified atom stereocenters. The Balaban J connectivity index is 2.12. The first-order valence-electron chi connectivity index (χ1n) is 6.33. The third kappa shape index (κ3) is 1.89. The van der Waals surface area contributed by atoms with E-state index in [1.165, 1.54) is 16.7 Å². The van der Waals surface area contributed by atoms with E-state index in [0.29, 0.717) is 6.54 Å². The summed E-state index contributed by atoms with van der Waals surface area (Å²) in [6.07, 6.45) is -0.373. The first-order chi connectivity index (χ1) is 8.75. The lowest BCUT2D eigenvalue weighted by molar-refractivity contribution is 0.165. The van der Waals surface area contributed by atoms with Crippen LogP contribution in [0.3, 0.4) is 0 Å². The van der Waals surface area contributed by atoms with E-state index in [2.05, 4.69) is 42.6 Å². The normalized spacial score (nSPS) is 22.1. The van der Waals surface area contributed by atoms with Gasteiger partial charge in [0, 0.05) is 18.2 Å². The van der Waals surface area contributed by atoms with Gasteiger partial charge in [-0.3, -0.25) is 0 Å². The summed E-state index contributed by atoms with van der Waals surface area (Å²) in [5.74, 6) is 0.0716. The number of hydrogen-bond donors (Lipinski definition) is 2. The maximum Gasteiger partial charge on any atom is 0.0822 e. The second kappa shape index (κ2) is 4.46. The van der Waals surface area contributed by atoms with Crippen molar-refractivity contribution in [2.24, 2.45) is 0 Å². The first-order valence-corrected chi connectivity index (χ1v) is 6.33. The molecule has 92 valence electrons. The number of fused-ring (bicyclic) bond motifs is 1. The van der Waals surface area contributed by atoms with Gasteiger partial charge in [-0.1, -0.05) is 48.0 Å². The molecule has 1 aliphatic heterocycles. The molecule has 0 saturated carbocycles. The van der Waals surface area contributed by atoms with Crippen LogP contribution in [0.2, 0.25) is 0 Å². The van der Waals surface area contributed by atoms with Crippen LogP contribution in [0.15, 0.2) is 48.5 Å². The Hall–Kier alpha value is -1.80. The second-order valence-corrected chi connectivity index (χ2v) is 4.93. The van der Waals surface area contributed by atoms with Gasteiger partial charge in [0.25, 0.3) is 0 Å². The van der Waals surface area contributed by atoms with E-state index >= 15 is 0 Å². The Morgan fingerprint density at radius 1 is 1.11 bits per heavy atom. The summed E-state index contributed by atoms with van der Waals surface area (Å²) in [4.78, 5) is 0. The van der Waals surface area contributed by atoms with E-state index in [4.69, 9.17) is 0 Å². The van der Waals surface area contributed by atoms with Crippen molar-refractivity contribution in [1.82, 2.24) is 0 Å². The van der Waals surface area contributed by atoms with Gasteiger partial charge in [0.2, 0.25) is 0 Å². The quantitative estimate of drug-likeness (QED) is 0.802. The number of aliphatic hydroxyl groups is 1. The number of β-amino-alcohol motifs (C(OH)–C–C–N with tert-alkyl or cyclic N) is 1. The molecule has 0 radical (unpaired) electrons. The van der Waals surface area contributed by atoms with Crippen molar-refractivity contribution < 1.29 is 5.11 Å². The number of hydrogen-bond acceptors (Lipinski definition) is 2. The molecule has 0 aromatic heterocycles. The number of anilines is 1. The van der Waals surface area contributed by atoms with Crippen LogP contribution in [0.4, 0.5) is 5.69 Å². The van der Waals surface area contributed by atoms with Crippen molar-refractivity contribution >= 4 is 5.69 Å². The minimum Gasteiger partial charge on any atom is -0.390 e. The van der Waals surface area contributed by atoms with Gasteiger partial charge in [0.1, 0.15) is 0 Å². The van der Waals surface area contributed by atoms with Crippen LogP contribution in [0.1, 0.15) is 22.6 Å². The van der Waals surface area contributed by atoms with E-state index in [-0.39, 0.29) is 12.0 Å². The molecule has 0 fully saturated rings. The van der Waals surface area contributed by atoms with E-state index in [9.17, 15) is 5.11 Å². The van der Waals surface area contributed by atoms with Gasteiger partial charge in [0.05, 0.1) is 6.10 Å². The maximum atomic E-state index is 10.3. The van der Waals surface area contributed by atoms with Crippen LogP contribution in [0.5, 0.6) is 0 Å². The van der Waals surface area contributed by atoms with E-state index in [1.54, 1.807) is 0 Å². The molecule has 2 atom stereocenters. The lowest BCUT2D eigenvalue weighted by Crippen LogP contribution is -2.33. The fraction of sp³-hybridized carbons (Fsp3) is 0.250. The van der Waals surface area contributed by atoms with Gasteiger partial charge in [-0.25, -0.2) is 0 Å². The van der Waals surface area contributed by atoms with Gasteiger partial charge >= 0.3 is 0 Å². The topological polar surface area (TPSA) is 32.3 Å². The summed E-state index contributed by atoms with van der Waals surface area (Å²) in [7, 11) is 0. The number of aryl methyl sites for hydroxylation is 1. The molecule has 0 spiro atoms. The summed E-state index contributed by atoms with van der Waals surface area (Å²) >= 11 is 0. The van der Waals surface area contributed by atoms with Crippen LogP contribution in [0.25, 0.3) is 0 Å². The SMILES string of the molecule is Cc1ccc2c(c1)[C@@H](c1ccccc1)[C@H](O)CN2. The third-order valence-electron chi connectivity index (χ3n) is 3.59. The van der Waals surface area contributed by atoms with Gasteiger partial charge < -0.3 is 10.4 Å². The van der Waals surface area contributed by atoms with E-state index < -0.39 is 0 Å². The molecule has 2 aromatic rings. The zero-order chi connectivity index (χ0) is 12.5. The van der Waals surface area contributed by atoms with Gasteiger partial charge in [-0.15, -0.1) is 0 Å². The monoisotopic (exact) mass is 239 g/mol. The van der Waals surface area contributed by atoms with Crippen LogP contribution in [0, 0.1) is 6.92 Å². The van der Waals surface area contributed by atoms with Crippen molar-refractivity contribution in [1.29, 1.82) is 0 Å². The molecule has 1 aliphatic rings. The average molecular weight is 239 g/mol. The Kier molecular flexibility index (Phi) is 2.80. The lowest BCUT2D eigenvalue weighted by atomic mass is 9.82. The van der Waals surface area contributed by atoms with Crippen LogP contribution in [-0.4, -0.2) is 17.8 Å². The van der Waals surface area contributed by atoms with E-state index in [1.807, 2.05) is 18.2 Å². The number of nitrogens with one attached hydrogen (secondary N) is 1. The molecule has 0 bridgehead atoms. The molecule has 0 aliphatic carbocycles. The van der Waals surface area contributed by atoms with Crippen molar-refractivity contribution in [2.45, 2.75) is 18.9 Å². The van der Waals surface area contributed by atoms with Crippen molar-refractivity contribution in [3.05, 3.63) is 65.2 Å². The molecule has 2 aromatic carbocycles. The molecule has 0 saturated heterocycles. The molecular weight excluding hydrogens is 222 g/mol. The van der Waals surface area contributed by atoms with Crippen molar-refractivity contribution in [2.75, 3.05) is 11.9 Å². The summed E-state index contributed by atoms with van der Waals surface area (Å²) < 4.78 is 0. The minimum atomic E-state index is -0.373. The smallest absolute Gasteiger partial charge is 0.0822 e. The highest BCUT2D eigenvalue weighted by molar-refractivity contribution is 5.59. The highest BCUT2D eigenvalue weighted by Gasteiger charge is 2.29. The molecule has 18 heavy (non-hydrogen) atoms.